The van der Waals surface area contributed by atoms with Crippen LogP contribution in [0.5, 0.6) is 0 Å². The molecule has 2 aliphatic heterocycles. The number of piperidine rings is 2. The maximum Gasteiger partial charge on any atom is 0.309 e. The lowest BCUT2D eigenvalue weighted by Gasteiger charge is -2.36. The summed E-state index contributed by atoms with van der Waals surface area (Å²) in [5.41, 5.74) is 0. The third-order valence-corrected chi connectivity index (χ3v) is 7.69. The van der Waals surface area contributed by atoms with Crippen LogP contribution in [0.25, 0.3) is 0 Å². The number of nitrogens with zero attached hydrogens (tertiary/aromatic N) is 4. The van der Waals surface area contributed by atoms with Crippen LogP contribution >= 0.6 is 0 Å². The Morgan fingerprint density at radius 3 is 2.47 bits per heavy atom. The minimum atomic E-state index is -3.73. The highest BCUT2D eigenvalue weighted by atomic mass is 32.2. The molecule has 2 aliphatic rings. The van der Waals surface area contributed by atoms with Crippen molar-refractivity contribution in [3.8, 4) is 0 Å². The molecule has 10 heteroatoms. The lowest BCUT2D eigenvalue weighted by molar-refractivity contribution is -0.152. The fraction of sp³-hybridized carbons (Fsp3) is 0.750. The van der Waals surface area contributed by atoms with Gasteiger partial charge in [0, 0.05) is 38.4 Å². The van der Waals surface area contributed by atoms with Crippen LogP contribution in [0.15, 0.2) is 17.6 Å². The molecule has 0 unspecified atom stereocenters. The Morgan fingerprint density at radius 1 is 1.17 bits per heavy atom. The molecule has 0 aliphatic carbocycles. The third kappa shape index (κ3) is 4.85. The molecule has 0 N–H and O–H groups in total. The normalized spacial score (nSPS) is 21.7. The number of carbonyl (C=O) groups is 2. The maximum absolute atomic E-state index is 13.0. The van der Waals surface area contributed by atoms with Crippen molar-refractivity contribution >= 4 is 21.9 Å². The van der Waals surface area contributed by atoms with E-state index in [0.29, 0.717) is 51.9 Å². The molecule has 0 aromatic carbocycles. The van der Waals surface area contributed by atoms with E-state index in [2.05, 4.69) is 4.98 Å². The van der Waals surface area contributed by atoms with Crippen LogP contribution in [0, 0.1) is 11.8 Å². The Kier molecular flexibility index (Phi) is 7.18. The lowest BCUT2D eigenvalue weighted by Crippen LogP contribution is -2.49. The van der Waals surface area contributed by atoms with Crippen LogP contribution in [0.3, 0.4) is 0 Å². The Bertz CT molecular complexity index is 858. The topological polar surface area (TPSA) is 102 Å². The van der Waals surface area contributed by atoms with Crippen LogP contribution in [0.2, 0.25) is 0 Å². The summed E-state index contributed by atoms with van der Waals surface area (Å²) in [6, 6.07) is 0.120. The SMILES string of the molecule is CCOC(=O)C1CCN(C(=O)[C@H]2CCCN(S(=O)(=O)c3cn(C(C)C)cn3)C2)CC1. The van der Waals surface area contributed by atoms with Gasteiger partial charge in [0.1, 0.15) is 0 Å². The van der Waals surface area contributed by atoms with Gasteiger partial charge in [-0.15, -0.1) is 0 Å². The first-order chi connectivity index (χ1) is 14.2. The fourth-order valence-corrected chi connectivity index (χ4v) is 5.53. The van der Waals surface area contributed by atoms with E-state index in [-0.39, 0.29) is 41.3 Å². The van der Waals surface area contributed by atoms with Gasteiger partial charge in [-0.05, 0) is 46.5 Å². The number of hydrogen-bond acceptors (Lipinski definition) is 6. The van der Waals surface area contributed by atoms with Gasteiger partial charge in [0.25, 0.3) is 10.0 Å². The number of esters is 1. The van der Waals surface area contributed by atoms with E-state index >= 15 is 0 Å². The molecule has 0 radical (unpaired) electrons. The zero-order valence-electron chi connectivity index (χ0n) is 18.0. The van der Waals surface area contributed by atoms with Gasteiger partial charge in [0.2, 0.25) is 5.91 Å². The first kappa shape index (κ1) is 22.7. The number of amides is 1. The molecule has 2 fully saturated rings. The summed E-state index contributed by atoms with van der Waals surface area (Å²) in [7, 11) is -3.73. The molecule has 30 heavy (non-hydrogen) atoms. The van der Waals surface area contributed by atoms with E-state index < -0.39 is 10.0 Å². The van der Waals surface area contributed by atoms with Gasteiger partial charge in [-0.2, -0.15) is 4.31 Å². The van der Waals surface area contributed by atoms with Crippen molar-refractivity contribution in [2.45, 2.75) is 57.5 Å². The van der Waals surface area contributed by atoms with Crippen LogP contribution in [-0.4, -0.2) is 71.8 Å². The quantitative estimate of drug-likeness (QED) is 0.624. The summed E-state index contributed by atoms with van der Waals surface area (Å²) in [5.74, 6) is -0.738. The summed E-state index contributed by atoms with van der Waals surface area (Å²) in [5, 5.41) is 0.0274. The molecule has 1 atom stereocenters. The smallest absolute Gasteiger partial charge is 0.309 e. The van der Waals surface area contributed by atoms with Gasteiger partial charge < -0.3 is 14.2 Å². The van der Waals surface area contributed by atoms with Crippen molar-refractivity contribution < 1.29 is 22.7 Å². The highest BCUT2D eigenvalue weighted by molar-refractivity contribution is 7.89. The molecule has 3 rings (SSSR count). The number of sulfonamides is 1. The number of hydrogen-bond donors (Lipinski definition) is 0. The minimum Gasteiger partial charge on any atom is -0.466 e. The first-order valence-corrected chi connectivity index (χ1v) is 12.2. The van der Waals surface area contributed by atoms with Crippen molar-refractivity contribution in [1.29, 1.82) is 0 Å². The Labute approximate surface area is 178 Å². The molecule has 1 aromatic rings. The summed E-state index contributed by atoms with van der Waals surface area (Å²) < 4.78 is 34.3. The Hall–Kier alpha value is -1.94. The summed E-state index contributed by atoms with van der Waals surface area (Å²) in [4.78, 5) is 30.8. The first-order valence-electron chi connectivity index (χ1n) is 10.7. The molecule has 1 aromatic heterocycles. The largest absolute Gasteiger partial charge is 0.466 e. The number of imidazole rings is 1. The highest BCUT2D eigenvalue weighted by Crippen LogP contribution is 2.27. The second kappa shape index (κ2) is 9.47. The van der Waals surface area contributed by atoms with Crippen LogP contribution in [-0.2, 0) is 24.3 Å². The second-order valence-electron chi connectivity index (χ2n) is 8.31. The van der Waals surface area contributed by atoms with Crippen molar-refractivity contribution in [1.82, 2.24) is 18.8 Å². The van der Waals surface area contributed by atoms with E-state index in [9.17, 15) is 18.0 Å². The molecular weight excluding hydrogens is 408 g/mol. The number of rotatable bonds is 6. The molecule has 2 saturated heterocycles. The number of aromatic nitrogens is 2. The van der Waals surface area contributed by atoms with Crippen LogP contribution < -0.4 is 0 Å². The predicted octanol–water partition coefficient (Wildman–Crippen LogP) is 1.67. The average molecular weight is 441 g/mol. The summed E-state index contributed by atoms with van der Waals surface area (Å²) >= 11 is 0. The van der Waals surface area contributed by atoms with Gasteiger partial charge in [-0.3, -0.25) is 9.59 Å². The third-order valence-electron chi connectivity index (χ3n) is 5.94. The number of ether oxygens (including phenoxy) is 1. The maximum atomic E-state index is 13.0. The summed E-state index contributed by atoms with van der Waals surface area (Å²) in [6.45, 7) is 7.64. The van der Waals surface area contributed by atoms with Gasteiger partial charge >= 0.3 is 5.97 Å². The molecule has 9 nitrogen and oxygen atoms in total. The molecule has 168 valence electrons. The molecule has 0 spiro atoms. The molecule has 1 amide bonds. The zero-order valence-corrected chi connectivity index (χ0v) is 18.8. The van der Waals surface area contributed by atoms with Crippen LogP contribution in [0.4, 0.5) is 0 Å². The molecule has 0 bridgehead atoms. The van der Waals surface area contributed by atoms with Crippen molar-refractivity contribution in [3.63, 3.8) is 0 Å². The van der Waals surface area contributed by atoms with E-state index in [1.54, 1.807) is 22.6 Å². The Balaban J connectivity index is 1.61. The number of likely N-dealkylation sites (tertiary alicyclic amines) is 1. The monoisotopic (exact) mass is 440 g/mol. The Morgan fingerprint density at radius 2 is 1.87 bits per heavy atom. The van der Waals surface area contributed by atoms with Gasteiger partial charge in [0.05, 0.1) is 24.8 Å². The van der Waals surface area contributed by atoms with Crippen molar-refractivity contribution in [2.24, 2.45) is 11.8 Å². The molecule has 0 saturated carbocycles. The molecular formula is C20H32N4O5S. The van der Waals surface area contributed by atoms with Gasteiger partial charge in [-0.1, -0.05) is 0 Å². The van der Waals surface area contributed by atoms with E-state index in [1.807, 2.05) is 13.8 Å². The van der Waals surface area contributed by atoms with E-state index in [1.165, 1.54) is 10.6 Å². The van der Waals surface area contributed by atoms with Gasteiger partial charge in [0.15, 0.2) is 5.03 Å². The van der Waals surface area contributed by atoms with Crippen LogP contribution in [0.1, 0.15) is 52.5 Å². The zero-order chi connectivity index (χ0) is 21.9. The minimum absolute atomic E-state index is 0.0232. The van der Waals surface area contributed by atoms with E-state index in [4.69, 9.17) is 4.74 Å². The number of carbonyl (C=O) groups excluding carboxylic acids is 2. The summed E-state index contributed by atoms with van der Waals surface area (Å²) in [6.07, 6.45) is 5.56. The predicted molar refractivity (Wildman–Crippen MR) is 110 cm³/mol. The van der Waals surface area contributed by atoms with E-state index in [0.717, 1.165) is 0 Å². The second-order valence-corrected chi connectivity index (χ2v) is 10.2. The standard InChI is InChI=1S/C20H32N4O5S/c1-4-29-20(26)16-7-10-22(11-8-16)19(25)17-6-5-9-24(12-17)30(27,28)18-13-23(14-21-18)15(2)3/h13-17H,4-12H2,1-3H3/t17-/m0/s1. The lowest BCUT2D eigenvalue weighted by atomic mass is 9.93. The van der Waals surface area contributed by atoms with Crippen molar-refractivity contribution in [3.05, 3.63) is 12.5 Å². The van der Waals surface area contributed by atoms with Gasteiger partial charge in [-0.25, -0.2) is 13.4 Å². The fourth-order valence-electron chi connectivity index (χ4n) is 4.08. The molecule has 3 heterocycles. The van der Waals surface area contributed by atoms with Crippen molar-refractivity contribution in [2.75, 3.05) is 32.8 Å². The highest BCUT2D eigenvalue weighted by Gasteiger charge is 2.37. The average Bonchev–Trinajstić information content (AvgIpc) is 3.25.